The standard InChI is InChI=1S/C18H19FN2O3/c19-16-5-3-13(4-6-16)10-20-17(22)14-2-1-8-21(11-14)18(23)15-7-9-24-12-15/h3-7,9,12,14H,1-2,8,10-11H2,(H,20,22)/t14-/m0/s1. The normalized spacial score (nSPS) is 17.5. The quantitative estimate of drug-likeness (QED) is 0.937. The third kappa shape index (κ3) is 3.82. The van der Waals surface area contributed by atoms with Crippen molar-refractivity contribution in [2.24, 2.45) is 5.92 Å². The molecule has 1 aliphatic heterocycles. The van der Waals surface area contributed by atoms with Gasteiger partial charge in [0.25, 0.3) is 5.91 Å². The Bertz CT molecular complexity index is 698. The van der Waals surface area contributed by atoms with Crippen LogP contribution in [-0.2, 0) is 11.3 Å². The van der Waals surface area contributed by atoms with Crippen LogP contribution in [0.2, 0.25) is 0 Å². The van der Waals surface area contributed by atoms with E-state index in [4.69, 9.17) is 4.42 Å². The van der Waals surface area contributed by atoms with E-state index >= 15 is 0 Å². The van der Waals surface area contributed by atoms with Gasteiger partial charge in [0, 0.05) is 19.6 Å². The van der Waals surface area contributed by atoms with Crippen molar-refractivity contribution >= 4 is 11.8 Å². The summed E-state index contributed by atoms with van der Waals surface area (Å²) in [5, 5.41) is 2.86. The third-order valence-electron chi connectivity index (χ3n) is 4.23. The van der Waals surface area contributed by atoms with Crippen LogP contribution in [0, 0.1) is 11.7 Å². The maximum absolute atomic E-state index is 12.9. The molecule has 5 nitrogen and oxygen atoms in total. The van der Waals surface area contributed by atoms with E-state index in [-0.39, 0.29) is 23.5 Å². The van der Waals surface area contributed by atoms with Crippen molar-refractivity contribution in [1.29, 1.82) is 0 Å². The summed E-state index contributed by atoms with van der Waals surface area (Å²) in [6.45, 7) is 1.40. The number of carbonyl (C=O) groups excluding carboxylic acids is 2. The molecule has 1 saturated heterocycles. The molecule has 1 aliphatic rings. The number of nitrogens with zero attached hydrogens (tertiary/aromatic N) is 1. The Balaban J connectivity index is 1.55. The van der Waals surface area contributed by atoms with Crippen LogP contribution in [0.15, 0.2) is 47.3 Å². The number of amides is 2. The highest BCUT2D eigenvalue weighted by atomic mass is 19.1. The molecule has 126 valence electrons. The number of piperidine rings is 1. The van der Waals surface area contributed by atoms with Crippen LogP contribution < -0.4 is 5.32 Å². The number of halogens is 1. The van der Waals surface area contributed by atoms with Gasteiger partial charge >= 0.3 is 0 Å². The van der Waals surface area contributed by atoms with E-state index in [2.05, 4.69) is 5.32 Å². The molecule has 6 heteroatoms. The summed E-state index contributed by atoms with van der Waals surface area (Å²) >= 11 is 0. The van der Waals surface area contributed by atoms with Crippen LogP contribution in [0.3, 0.4) is 0 Å². The predicted molar refractivity (Wildman–Crippen MR) is 85.6 cm³/mol. The Hall–Kier alpha value is -2.63. The summed E-state index contributed by atoms with van der Waals surface area (Å²) in [5.41, 5.74) is 1.34. The van der Waals surface area contributed by atoms with E-state index < -0.39 is 0 Å². The highest BCUT2D eigenvalue weighted by Gasteiger charge is 2.29. The van der Waals surface area contributed by atoms with Crippen molar-refractivity contribution in [2.45, 2.75) is 19.4 Å². The van der Waals surface area contributed by atoms with Crippen molar-refractivity contribution in [3.05, 3.63) is 59.8 Å². The SMILES string of the molecule is O=C(NCc1ccc(F)cc1)[C@H]1CCCN(C(=O)c2ccoc2)C1. The van der Waals surface area contributed by atoms with E-state index in [0.717, 1.165) is 18.4 Å². The van der Waals surface area contributed by atoms with Crippen LogP contribution in [0.5, 0.6) is 0 Å². The van der Waals surface area contributed by atoms with Gasteiger partial charge in [-0.25, -0.2) is 4.39 Å². The fourth-order valence-electron chi connectivity index (χ4n) is 2.88. The van der Waals surface area contributed by atoms with E-state index in [9.17, 15) is 14.0 Å². The number of hydrogen-bond acceptors (Lipinski definition) is 3. The number of nitrogens with one attached hydrogen (secondary N) is 1. The smallest absolute Gasteiger partial charge is 0.257 e. The molecule has 1 aromatic heterocycles. The van der Waals surface area contributed by atoms with E-state index in [1.807, 2.05) is 0 Å². The summed E-state index contributed by atoms with van der Waals surface area (Å²) < 4.78 is 17.8. The topological polar surface area (TPSA) is 62.6 Å². The Labute approximate surface area is 139 Å². The lowest BCUT2D eigenvalue weighted by atomic mass is 9.96. The second kappa shape index (κ2) is 7.29. The fourth-order valence-corrected chi connectivity index (χ4v) is 2.88. The minimum absolute atomic E-state index is 0.0796. The van der Waals surface area contributed by atoms with Crippen LogP contribution in [-0.4, -0.2) is 29.8 Å². The first-order valence-corrected chi connectivity index (χ1v) is 7.97. The zero-order valence-corrected chi connectivity index (χ0v) is 13.2. The van der Waals surface area contributed by atoms with Gasteiger partial charge in [-0.15, -0.1) is 0 Å². The highest BCUT2D eigenvalue weighted by Crippen LogP contribution is 2.19. The molecule has 1 aromatic carbocycles. The zero-order chi connectivity index (χ0) is 16.9. The molecular weight excluding hydrogens is 311 g/mol. The molecule has 2 amide bonds. The maximum Gasteiger partial charge on any atom is 0.257 e. The van der Waals surface area contributed by atoms with Gasteiger partial charge in [-0.2, -0.15) is 0 Å². The zero-order valence-electron chi connectivity index (χ0n) is 13.2. The Morgan fingerprint density at radius 1 is 1.25 bits per heavy atom. The van der Waals surface area contributed by atoms with Crippen molar-refractivity contribution < 1.29 is 18.4 Å². The Kier molecular flexibility index (Phi) is 4.93. The van der Waals surface area contributed by atoms with Crippen LogP contribution >= 0.6 is 0 Å². The highest BCUT2D eigenvalue weighted by molar-refractivity contribution is 5.94. The predicted octanol–water partition coefficient (Wildman–Crippen LogP) is 2.59. The molecule has 1 N–H and O–H groups in total. The number of carbonyl (C=O) groups is 2. The molecule has 2 heterocycles. The van der Waals surface area contributed by atoms with Crippen molar-refractivity contribution in [3.63, 3.8) is 0 Å². The maximum atomic E-state index is 12.9. The number of benzene rings is 1. The number of rotatable bonds is 4. The first kappa shape index (κ1) is 16.2. The van der Waals surface area contributed by atoms with Crippen molar-refractivity contribution in [3.8, 4) is 0 Å². The molecule has 1 atom stereocenters. The number of hydrogen-bond donors (Lipinski definition) is 1. The van der Waals surface area contributed by atoms with Gasteiger partial charge < -0.3 is 14.6 Å². The second-order valence-electron chi connectivity index (χ2n) is 5.95. The molecule has 24 heavy (non-hydrogen) atoms. The Morgan fingerprint density at radius 3 is 2.75 bits per heavy atom. The summed E-state index contributed by atoms with van der Waals surface area (Å²) in [7, 11) is 0. The monoisotopic (exact) mass is 330 g/mol. The van der Waals surface area contributed by atoms with Crippen molar-refractivity contribution in [2.75, 3.05) is 13.1 Å². The van der Waals surface area contributed by atoms with Gasteiger partial charge in [0.1, 0.15) is 12.1 Å². The van der Waals surface area contributed by atoms with Crippen molar-refractivity contribution in [1.82, 2.24) is 10.2 Å². The van der Waals surface area contributed by atoms with Gasteiger partial charge in [0.15, 0.2) is 0 Å². The van der Waals surface area contributed by atoms with Gasteiger partial charge in [-0.1, -0.05) is 12.1 Å². The van der Waals surface area contributed by atoms with Gasteiger partial charge in [-0.3, -0.25) is 9.59 Å². The number of furan rings is 1. The molecule has 0 aliphatic carbocycles. The lowest BCUT2D eigenvalue weighted by Gasteiger charge is -2.31. The largest absolute Gasteiger partial charge is 0.472 e. The lowest BCUT2D eigenvalue weighted by molar-refractivity contribution is -0.126. The number of likely N-dealkylation sites (tertiary alicyclic amines) is 1. The third-order valence-corrected chi connectivity index (χ3v) is 4.23. The fraction of sp³-hybridized carbons (Fsp3) is 0.333. The molecule has 2 aromatic rings. The first-order valence-electron chi connectivity index (χ1n) is 7.97. The molecule has 0 radical (unpaired) electrons. The average Bonchev–Trinajstić information content (AvgIpc) is 3.15. The Morgan fingerprint density at radius 2 is 2.04 bits per heavy atom. The minimum atomic E-state index is -0.300. The molecular formula is C18H19FN2O3. The first-order chi connectivity index (χ1) is 11.6. The summed E-state index contributed by atoms with van der Waals surface area (Å²) in [5.74, 6) is -0.718. The van der Waals surface area contributed by atoms with E-state index in [1.54, 1.807) is 23.1 Å². The molecule has 0 unspecified atom stereocenters. The van der Waals surface area contributed by atoms with E-state index in [1.165, 1.54) is 24.7 Å². The van der Waals surface area contributed by atoms with Crippen LogP contribution in [0.4, 0.5) is 4.39 Å². The van der Waals surface area contributed by atoms with Gasteiger partial charge in [0.2, 0.25) is 5.91 Å². The molecule has 0 spiro atoms. The molecule has 0 bridgehead atoms. The average molecular weight is 330 g/mol. The van der Waals surface area contributed by atoms with Crippen LogP contribution in [0.1, 0.15) is 28.8 Å². The summed E-state index contributed by atoms with van der Waals surface area (Å²) in [4.78, 5) is 26.4. The minimum Gasteiger partial charge on any atom is -0.472 e. The van der Waals surface area contributed by atoms with E-state index in [0.29, 0.717) is 25.2 Å². The molecule has 3 rings (SSSR count). The molecule has 0 saturated carbocycles. The molecule has 1 fully saturated rings. The van der Waals surface area contributed by atoms with Crippen LogP contribution in [0.25, 0.3) is 0 Å². The van der Waals surface area contributed by atoms with Gasteiger partial charge in [0.05, 0.1) is 17.7 Å². The lowest BCUT2D eigenvalue weighted by Crippen LogP contribution is -2.45. The summed E-state index contributed by atoms with van der Waals surface area (Å²) in [6.07, 6.45) is 4.42. The van der Waals surface area contributed by atoms with Gasteiger partial charge in [-0.05, 0) is 36.6 Å². The second-order valence-corrected chi connectivity index (χ2v) is 5.95. The summed E-state index contributed by atoms with van der Waals surface area (Å²) in [6, 6.07) is 7.65.